The van der Waals surface area contributed by atoms with Gasteiger partial charge in [-0.3, -0.25) is 9.59 Å². The van der Waals surface area contributed by atoms with Crippen molar-refractivity contribution in [2.75, 3.05) is 5.32 Å². The number of hydrogen-bond donors (Lipinski definition) is 2. The minimum atomic E-state index is -0.582. The van der Waals surface area contributed by atoms with Crippen LogP contribution >= 0.6 is 11.3 Å². The summed E-state index contributed by atoms with van der Waals surface area (Å²) in [5.41, 5.74) is 2.04. The van der Waals surface area contributed by atoms with Gasteiger partial charge in [0.25, 0.3) is 0 Å². The molecule has 2 amide bonds. The van der Waals surface area contributed by atoms with Crippen LogP contribution in [0.5, 0.6) is 0 Å². The molecule has 0 spiro atoms. The molecule has 0 saturated heterocycles. The van der Waals surface area contributed by atoms with E-state index in [2.05, 4.69) is 22.5 Å². The van der Waals surface area contributed by atoms with E-state index in [0.717, 1.165) is 30.5 Å². The van der Waals surface area contributed by atoms with E-state index < -0.39 is 6.04 Å². The van der Waals surface area contributed by atoms with E-state index >= 15 is 0 Å². The number of aromatic nitrogens is 1. The number of amides is 2. The monoisotopic (exact) mass is 385 g/mol. The van der Waals surface area contributed by atoms with Crippen LogP contribution in [0.3, 0.4) is 0 Å². The standard InChI is InChI=1S/C21H27N3O2S/c1-13(2)19(23-18(25)12-15-7-5-4-6-8-15)20(26)24-21-22-16-10-9-14(3)11-17(16)27-21/h4-8,13-14,19H,9-12H2,1-3H3,(H,23,25)(H,22,24,26)/t14?,19-/m0/s1. The van der Waals surface area contributed by atoms with Crippen molar-refractivity contribution in [3.05, 3.63) is 46.5 Å². The van der Waals surface area contributed by atoms with Crippen LogP contribution in [-0.2, 0) is 28.9 Å². The fourth-order valence-electron chi connectivity index (χ4n) is 3.32. The highest BCUT2D eigenvalue weighted by Crippen LogP contribution is 2.32. The molecule has 1 heterocycles. The molecule has 27 heavy (non-hydrogen) atoms. The second kappa shape index (κ2) is 8.65. The second-order valence-electron chi connectivity index (χ2n) is 7.68. The summed E-state index contributed by atoms with van der Waals surface area (Å²) in [7, 11) is 0. The molecule has 0 saturated carbocycles. The van der Waals surface area contributed by atoms with Gasteiger partial charge < -0.3 is 10.6 Å². The second-order valence-corrected chi connectivity index (χ2v) is 8.76. The molecule has 2 aromatic rings. The van der Waals surface area contributed by atoms with Crippen LogP contribution in [0.25, 0.3) is 0 Å². The van der Waals surface area contributed by atoms with E-state index in [-0.39, 0.29) is 24.2 Å². The third-order valence-corrected chi connectivity index (χ3v) is 5.92. The first kappa shape index (κ1) is 19.5. The smallest absolute Gasteiger partial charge is 0.248 e. The van der Waals surface area contributed by atoms with E-state index in [1.807, 2.05) is 44.2 Å². The Morgan fingerprint density at radius 2 is 2.00 bits per heavy atom. The first-order valence-electron chi connectivity index (χ1n) is 9.55. The van der Waals surface area contributed by atoms with Gasteiger partial charge in [-0.25, -0.2) is 4.98 Å². The highest BCUT2D eigenvalue weighted by atomic mass is 32.1. The number of hydrogen-bond acceptors (Lipinski definition) is 4. The van der Waals surface area contributed by atoms with Crippen molar-refractivity contribution in [2.45, 2.75) is 52.5 Å². The zero-order valence-corrected chi connectivity index (χ0v) is 16.9. The Bertz CT molecular complexity index is 801. The lowest BCUT2D eigenvalue weighted by atomic mass is 9.93. The fraction of sp³-hybridized carbons (Fsp3) is 0.476. The van der Waals surface area contributed by atoms with Gasteiger partial charge in [0.2, 0.25) is 11.8 Å². The Labute approximate surface area is 164 Å². The molecular formula is C21H27N3O2S. The summed E-state index contributed by atoms with van der Waals surface area (Å²) in [6.45, 7) is 6.11. The van der Waals surface area contributed by atoms with Crippen molar-refractivity contribution < 1.29 is 9.59 Å². The molecule has 2 N–H and O–H groups in total. The molecule has 1 unspecified atom stereocenters. The van der Waals surface area contributed by atoms with Crippen molar-refractivity contribution >= 4 is 28.3 Å². The number of nitrogens with one attached hydrogen (secondary N) is 2. The van der Waals surface area contributed by atoms with Gasteiger partial charge in [0.1, 0.15) is 6.04 Å². The lowest BCUT2D eigenvalue weighted by Crippen LogP contribution is -2.47. The van der Waals surface area contributed by atoms with Crippen molar-refractivity contribution in [3.8, 4) is 0 Å². The zero-order chi connectivity index (χ0) is 19.4. The Morgan fingerprint density at radius 3 is 2.70 bits per heavy atom. The predicted octanol–water partition coefficient (Wildman–Crippen LogP) is 3.59. The van der Waals surface area contributed by atoms with Crippen molar-refractivity contribution in [1.82, 2.24) is 10.3 Å². The SMILES string of the molecule is CC1CCc2nc(NC(=O)[C@@H](NC(=O)Cc3ccccc3)C(C)C)sc2C1. The van der Waals surface area contributed by atoms with Gasteiger partial charge in [0, 0.05) is 4.88 Å². The number of benzene rings is 1. The molecule has 0 bridgehead atoms. The molecule has 5 nitrogen and oxygen atoms in total. The summed E-state index contributed by atoms with van der Waals surface area (Å²) in [6.07, 6.45) is 3.42. The average molecular weight is 386 g/mol. The highest BCUT2D eigenvalue weighted by molar-refractivity contribution is 7.15. The summed E-state index contributed by atoms with van der Waals surface area (Å²) in [5.74, 6) is 0.300. The molecule has 1 aromatic heterocycles. The van der Waals surface area contributed by atoms with E-state index in [1.54, 1.807) is 11.3 Å². The van der Waals surface area contributed by atoms with Gasteiger partial charge in [-0.05, 0) is 36.7 Å². The molecule has 144 valence electrons. The minimum absolute atomic E-state index is 0.0145. The Balaban J connectivity index is 1.62. The summed E-state index contributed by atoms with van der Waals surface area (Å²) in [5, 5.41) is 6.44. The lowest BCUT2D eigenvalue weighted by Gasteiger charge is -2.21. The maximum absolute atomic E-state index is 12.8. The Hall–Kier alpha value is -2.21. The van der Waals surface area contributed by atoms with Crippen molar-refractivity contribution in [3.63, 3.8) is 0 Å². The van der Waals surface area contributed by atoms with Crippen LogP contribution in [0.2, 0.25) is 0 Å². The number of anilines is 1. The molecule has 6 heteroatoms. The zero-order valence-electron chi connectivity index (χ0n) is 16.1. The normalized spacial score (nSPS) is 17.3. The molecule has 0 fully saturated rings. The van der Waals surface area contributed by atoms with Gasteiger partial charge in [-0.2, -0.15) is 0 Å². The highest BCUT2D eigenvalue weighted by Gasteiger charge is 2.26. The number of rotatable bonds is 6. The van der Waals surface area contributed by atoms with Gasteiger partial charge in [0.05, 0.1) is 12.1 Å². The molecule has 1 aliphatic carbocycles. The Kier molecular flexibility index (Phi) is 6.26. The van der Waals surface area contributed by atoms with Gasteiger partial charge in [-0.1, -0.05) is 51.1 Å². The first-order valence-corrected chi connectivity index (χ1v) is 10.4. The number of aryl methyl sites for hydroxylation is 1. The van der Waals surface area contributed by atoms with Gasteiger partial charge >= 0.3 is 0 Å². The molecule has 1 aromatic carbocycles. The molecular weight excluding hydrogens is 358 g/mol. The van der Waals surface area contributed by atoms with Crippen molar-refractivity contribution in [2.24, 2.45) is 11.8 Å². The fourth-order valence-corrected chi connectivity index (χ4v) is 4.49. The molecule has 2 atom stereocenters. The molecule has 3 rings (SSSR count). The lowest BCUT2D eigenvalue weighted by molar-refractivity contribution is -0.127. The van der Waals surface area contributed by atoms with Crippen LogP contribution in [-0.4, -0.2) is 22.8 Å². The molecule has 0 aliphatic heterocycles. The summed E-state index contributed by atoms with van der Waals surface area (Å²) in [6, 6.07) is 8.96. The van der Waals surface area contributed by atoms with E-state index in [9.17, 15) is 9.59 Å². The van der Waals surface area contributed by atoms with E-state index in [0.29, 0.717) is 11.0 Å². The average Bonchev–Trinajstić information content (AvgIpc) is 3.01. The quantitative estimate of drug-likeness (QED) is 0.798. The third kappa shape index (κ3) is 5.16. The summed E-state index contributed by atoms with van der Waals surface area (Å²) >= 11 is 1.56. The summed E-state index contributed by atoms with van der Waals surface area (Å²) < 4.78 is 0. The Morgan fingerprint density at radius 1 is 1.26 bits per heavy atom. The minimum Gasteiger partial charge on any atom is -0.344 e. The van der Waals surface area contributed by atoms with Crippen LogP contribution in [0, 0.1) is 11.8 Å². The first-order chi connectivity index (χ1) is 12.9. The maximum atomic E-state index is 12.8. The number of fused-ring (bicyclic) bond motifs is 1. The summed E-state index contributed by atoms with van der Waals surface area (Å²) in [4.78, 5) is 31.0. The number of carbonyl (C=O) groups is 2. The molecule has 1 aliphatic rings. The number of thiazole rings is 1. The largest absolute Gasteiger partial charge is 0.344 e. The van der Waals surface area contributed by atoms with Gasteiger partial charge in [0.15, 0.2) is 5.13 Å². The van der Waals surface area contributed by atoms with Crippen LogP contribution in [0.1, 0.15) is 43.3 Å². The van der Waals surface area contributed by atoms with E-state index in [1.165, 1.54) is 4.88 Å². The topological polar surface area (TPSA) is 71.1 Å². The van der Waals surface area contributed by atoms with Crippen molar-refractivity contribution in [1.29, 1.82) is 0 Å². The predicted molar refractivity (Wildman–Crippen MR) is 109 cm³/mol. The molecule has 0 radical (unpaired) electrons. The third-order valence-electron chi connectivity index (χ3n) is 4.89. The van der Waals surface area contributed by atoms with Gasteiger partial charge in [-0.15, -0.1) is 11.3 Å². The maximum Gasteiger partial charge on any atom is 0.248 e. The van der Waals surface area contributed by atoms with E-state index in [4.69, 9.17) is 0 Å². The van der Waals surface area contributed by atoms with Crippen LogP contribution in [0.4, 0.5) is 5.13 Å². The van der Waals surface area contributed by atoms with Crippen LogP contribution < -0.4 is 10.6 Å². The van der Waals surface area contributed by atoms with Crippen LogP contribution in [0.15, 0.2) is 30.3 Å². The number of carbonyl (C=O) groups excluding carboxylic acids is 2. The number of nitrogens with zero attached hydrogens (tertiary/aromatic N) is 1.